The van der Waals surface area contributed by atoms with Crippen LogP contribution in [-0.4, -0.2) is 24.1 Å². The van der Waals surface area contributed by atoms with Crippen LogP contribution in [0.3, 0.4) is 0 Å². The summed E-state index contributed by atoms with van der Waals surface area (Å²) in [7, 11) is -8.60. The van der Waals surface area contributed by atoms with E-state index < -0.39 is 23.6 Å². The number of sulfone groups is 1. The average Bonchev–Trinajstić information content (AvgIpc) is 2.15. The van der Waals surface area contributed by atoms with Crippen molar-refractivity contribution >= 4 is 17.7 Å². The van der Waals surface area contributed by atoms with E-state index in [1.807, 2.05) is 0 Å². The first-order valence-electron chi connectivity index (χ1n) is 4.20. The van der Waals surface area contributed by atoms with Gasteiger partial charge in [0.2, 0.25) is 9.84 Å². The van der Waals surface area contributed by atoms with E-state index in [-0.39, 0.29) is 4.90 Å². The van der Waals surface area contributed by atoms with Crippen molar-refractivity contribution in [2.45, 2.75) is 11.8 Å². The second-order valence-corrected chi connectivity index (χ2v) is 6.34. The molecule has 0 aromatic heterocycles. The normalized spacial score (nSPS) is 12.7. The summed E-state index contributed by atoms with van der Waals surface area (Å²) in [5.41, 5.74) is 0.884. The molecule has 1 aromatic carbocycles. The maximum absolute atomic E-state index is 11.5. The fraction of sp³-hybridized carbons (Fsp3) is 0.250. The summed E-state index contributed by atoms with van der Waals surface area (Å²) in [5, 5.41) is 0. The number of aryl methyl sites for hydroxylation is 1. The van der Waals surface area contributed by atoms with Crippen LogP contribution >= 0.6 is 7.82 Å². The monoisotopic (exact) mass is 266 g/mol. The van der Waals surface area contributed by atoms with Gasteiger partial charge in [0.1, 0.15) is 0 Å². The number of hydrogen-bond acceptors (Lipinski definition) is 4. The molecule has 16 heavy (non-hydrogen) atoms. The molecule has 0 saturated carbocycles. The Kier molecular flexibility index (Phi) is 3.88. The highest BCUT2D eigenvalue weighted by molar-refractivity contribution is 7.91. The van der Waals surface area contributed by atoms with Gasteiger partial charge in [-0.3, -0.25) is 4.52 Å². The predicted octanol–water partition coefficient (Wildman–Crippen LogP) is 0.836. The Morgan fingerprint density at radius 2 is 1.75 bits per heavy atom. The standard InChI is InChI=1S/C8H11O6PS/c1-7-2-4-8(5-3-7)16(12,13)6-14-15(9,10)11/h2-5H,6H2,1H3,(H2,9,10,11). The molecule has 0 saturated heterocycles. The number of phosphoric ester groups is 1. The van der Waals surface area contributed by atoms with Crippen LogP contribution in [0.4, 0.5) is 0 Å². The summed E-state index contributed by atoms with van der Waals surface area (Å²) in [4.78, 5) is 16.8. The molecule has 0 amide bonds. The number of hydrogen-bond donors (Lipinski definition) is 2. The molecule has 0 atom stereocenters. The summed E-state index contributed by atoms with van der Waals surface area (Å²) in [6.07, 6.45) is 0. The van der Waals surface area contributed by atoms with Gasteiger partial charge in [0.05, 0.1) is 4.90 Å². The first-order chi connectivity index (χ1) is 7.21. The van der Waals surface area contributed by atoms with Crippen molar-refractivity contribution in [2.24, 2.45) is 0 Å². The minimum absolute atomic E-state index is 0.0356. The van der Waals surface area contributed by atoms with E-state index in [9.17, 15) is 13.0 Å². The lowest BCUT2D eigenvalue weighted by molar-refractivity contribution is 0.223. The minimum Gasteiger partial charge on any atom is -0.303 e. The number of phosphoric acid groups is 1. The Morgan fingerprint density at radius 1 is 1.25 bits per heavy atom. The van der Waals surface area contributed by atoms with Gasteiger partial charge in [-0.25, -0.2) is 13.0 Å². The molecular weight excluding hydrogens is 255 g/mol. The largest absolute Gasteiger partial charge is 0.470 e. The second kappa shape index (κ2) is 4.65. The summed E-state index contributed by atoms with van der Waals surface area (Å²) in [5.74, 6) is -1.04. The molecule has 0 fully saturated rings. The van der Waals surface area contributed by atoms with Gasteiger partial charge >= 0.3 is 7.82 Å². The highest BCUT2D eigenvalue weighted by atomic mass is 32.2. The smallest absolute Gasteiger partial charge is 0.303 e. The van der Waals surface area contributed by atoms with Crippen LogP contribution in [-0.2, 0) is 18.9 Å². The van der Waals surface area contributed by atoms with Gasteiger partial charge in [-0.15, -0.1) is 0 Å². The third kappa shape index (κ3) is 4.03. The molecule has 0 bridgehead atoms. The molecule has 8 heteroatoms. The third-order valence-electron chi connectivity index (χ3n) is 1.76. The molecular formula is C8H11O6PS. The summed E-state index contributed by atoms with van der Waals surface area (Å²) in [6.45, 7) is 1.79. The zero-order valence-electron chi connectivity index (χ0n) is 8.40. The van der Waals surface area contributed by atoms with Gasteiger partial charge < -0.3 is 9.79 Å². The SMILES string of the molecule is Cc1ccc(S(=O)(=O)COP(=O)(O)O)cc1. The Morgan fingerprint density at radius 3 is 2.19 bits per heavy atom. The summed E-state index contributed by atoms with van der Waals surface area (Å²) >= 11 is 0. The Bertz CT molecular complexity index is 500. The Labute approximate surface area is 93.0 Å². The van der Waals surface area contributed by atoms with Crippen molar-refractivity contribution in [1.82, 2.24) is 0 Å². The molecule has 2 N–H and O–H groups in total. The topological polar surface area (TPSA) is 101 Å². The van der Waals surface area contributed by atoms with Crippen LogP contribution in [0.2, 0.25) is 0 Å². The van der Waals surface area contributed by atoms with Crippen LogP contribution in [0.15, 0.2) is 29.2 Å². The van der Waals surface area contributed by atoms with Crippen LogP contribution in [0.1, 0.15) is 5.56 Å². The molecule has 90 valence electrons. The van der Waals surface area contributed by atoms with Gasteiger partial charge in [-0.2, -0.15) is 0 Å². The zero-order chi connectivity index (χ0) is 12.4. The molecule has 0 unspecified atom stereocenters. The number of benzene rings is 1. The van der Waals surface area contributed by atoms with E-state index in [0.717, 1.165) is 5.56 Å². The van der Waals surface area contributed by atoms with Crippen LogP contribution in [0.25, 0.3) is 0 Å². The van der Waals surface area contributed by atoms with E-state index in [0.29, 0.717) is 0 Å². The third-order valence-corrected chi connectivity index (χ3v) is 3.81. The van der Waals surface area contributed by atoms with Crippen LogP contribution in [0, 0.1) is 6.92 Å². The van der Waals surface area contributed by atoms with Crippen molar-refractivity contribution in [2.75, 3.05) is 5.94 Å². The number of rotatable bonds is 4. The molecule has 0 spiro atoms. The van der Waals surface area contributed by atoms with Gasteiger partial charge in [-0.1, -0.05) is 17.7 Å². The van der Waals surface area contributed by atoms with Gasteiger partial charge in [0, 0.05) is 0 Å². The Hall–Kier alpha value is -0.720. The van der Waals surface area contributed by atoms with Crippen molar-refractivity contribution in [1.29, 1.82) is 0 Å². The first kappa shape index (κ1) is 13.3. The average molecular weight is 266 g/mol. The molecule has 0 aliphatic heterocycles. The highest BCUT2D eigenvalue weighted by Gasteiger charge is 2.21. The minimum atomic E-state index is -4.77. The van der Waals surface area contributed by atoms with Gasteiger partial charge in [-0.05, 0) is 19.1 Å². The maximum atomic E-state index is 11.5. The molecule has 1 rings (SSSR count). The predicted molar refractivity (Wildman–Crippen MR) is 56.4 cm³/mol. The van der Waals surface area contributed by atoms with E-state index >= 15 is 0 Å². The van der Waals surface area contributed by atoms with E-state index in [1.54, 1.807) is 19.1 Å². The maximum Gasteiger partial charge on any atom is 0.470 e. The lowest BCUT2D eigenvalue weighted by atomic mass is 10.2. The van der Waals surface area contributed by atoms with Crippen LogP contribution in [0.5, 0.6) is 0 Å². The quantitative estimate of drug-likeness (QED) is 0.783. The van der Waals surface area contributed by atoms with Crippen molar-refractivity contribution < 1.29 is 27.3 Å². The molecule has 0 aliphatic carbocycles. The van der Waals surface area contributed by atoms with Crippen molar-refractivity contribution in [3.8, 4) is 0 Å². The van der Waals surface area contributed by atoms with E-state index in [2.05, 4.69) is 4.52 Å². The fourth-order valence-corrected chi connectivity index (χ4v) is 2.74. The zero-order valence-corrected chi connectivity index (χ0v) is 10.1. The van der Waals surface area contributed by atoms with E-state index in [1.165, 1.54) is 12.1 Å². The van der Waals surface area contributed by atoms with E-state index in [4.69, 9.17) is 9.79 Å². The lowest BCUT2D eigenvalue weighted by Gasteiger charge is -2.06. The van der Waals surface area contributed by atoms with Crippen LogP contribution < -0.4 is 0 Å². The highest BCUT2D eigenvalue weighted by Crippen LogP contribution is 2.36. The molecule has 6 nitrogen and oxygen atoms in total. The fourth-order valence-electron chi connectivity index (χ4n) is 0.952. The van der Waals surface area contributed by atoms with Crippen molar-refractivity contribution in [3.63, 3.8) is 0 Å². The first-order valence-corrected chi connectivity index (χ1v) is 7.38. The molecule has 0 radical (unpaired) electrons. The second-order valence-electron chi connectivity index (χ2n) is 3.17. The molecule has 0 aliphatic rings. The Balaban J connectivity index is 2.87. The van der Waals surface area contributed by atoms with Gasteiger partial charge in [0.25, 0.3) is 0 Å². The summed E-state index contributed by atoms with van der Waals surface area (Å²) in [6, 6.07) is 5.89. The molecule has 0 heterocycles. The van der Waals surface area contributed by atoms with Gasteiger partial charge in [0.15, 0.2) is 5.94 Å². The van der Waals surface area contributed by atoms with Crippen molar-refractivity contribution in [3.05, 3.63) is 29.8 Å². The lowest BCUT2D eigenvalue weighted by Crippen LogP contribution is -2.09. The summed E-state index contributed by atoms with van der Waals surface area (Å²) < 4.78 is 37.4. The molecule has 1 aromatic rings.